The van der Waals surface area contributed by atoms with Crippen LogP contribution in [0.3, 0.4) is 0 Å². The molecule has 3 rings (SSSR count). The van der Waals surface area contributed by atoms with Gasteiger partial charge in [0, 0.05) is 29.5 Å². The van der Waals surface area contributed by atoms with E-state index in [9.17, 15) is 4.79 Å². The summed E-state index contributed by atoms with van der Waals surface area (Å²) in [6.45, 7) is 1.94. The van der Waals surface area contributed by atoms with E-state index in [-0.39, 0.29) is 5.91 Å². The maximum atomic E-state index is 12.5. The van der Waals surface area contributed by atoms with Crippen LogP contribution in [0.4, 0.5) is 17.2 Å². The SMILES string of the molecule is Cc1ccnc(NC(=O)c2cc(Cl)cc(N(C)c3cncnc3)c2)c1. The van der Waals surface area contributed by atoms with E-state index in [0.717, 1.165) is 16.9 Å². The first kappa shape index (κ1) is 16.9. The maximum Gasteiger partial charge on any atom is 0.256 e. The molecule has 1 N–H and O–H groups in total. The Morgan fingerprint density at radius 2 is 1.88 bits per heavy atom. The van der Waals surface area contributed by atoms with E-state index < -0.39 is 0 Å². The molecule has 1 amide bonds. The minimum atomic E-state index is -0.278. The molecule has 25 heavy (non-hydrogen) atoms. The number of benzene rings is 1. The Morgan fingerprint density at radius 3 is 2.60 bits per heavy atom. The Balaban J connectivity index is 1.87. The van der Waals surface area contributed by atoms with Crippen molar-refractivity contribution < 1.29 is 4.79 Å². The lowest BCUT2D eigenvalue weighted by molar-refractivity contribution is 0.102. The summed E-state index contributed by atoms with van der Waals surface area (Å²) in [7, 11) is 1.86. The Hall–Kier alpha value is -2.99. The number of carbonyl (C=O) groups is 1. The summed E-state index contributed by atoms with van der Waals surface area (Å²) in [4.78, 5) is 26.5. The zero-order chi connectivity index (χ0) is 17.8. The van der Waals surface area contributed by atoms with Gasteiger partial charge in [0.2, 0.25) is 0 Å². The molecular weight excluding hydrogens is 338 g/mol. The summed E-state index contributed by atoms with van der Waals surface area (Å²) in [5.74, 6) is 0.218. The Labute approximate surface area is 150 Å². The molecule has 0 bridgehead atoms. The lowest BCUT2D eigenvalue weighted by atomic mass is 10.1. The van der Waals surface area contributed by atoms with Crippen LogP contribution < -0.4 is 10.2 Å². The van der Waals surface area contributed by atoms with Gasteiger partial charge in [-0.3, -0.25) is 4.79 Å². The maximum absolute atomic E-state index is 12.5. The van der Waals surface area contributed by atoms with Crippen molar-refractivity contribution in [1.29, 1.82) is 0 Å². The van der Waals surface area contributed by atoms with Crippen LogP contribution >= 0.6 is 11.6 Å². The van der Waals surface area contributed by atoms with E-state index >= 15 is 0 Å². The van der Waals surface area contributed by atoms with E-state index in [4.69, 9.17) is 11.6 Å². The van der Waals surface area contributed by atoms with Crippen LogP contribution in [-0.4, -0.2) is 27.9 Å². The molecule has 7 heteroatoms. The molecule has 6 nitrogen and oxygen atoms in total. The molecule has 0 spiro atoms. The van der Waals surface area contributed by atoms with E-state index in [1.807, 2.05) is 24.9 Å². The number of hydrogen-bond donors (Lipinski definition) is 1. The third-order valence-corrected chi connectivity index (χ3v) is 3.84. The predicted molar refractivity (Wildman–Crippen MR) is 98.5 cm³/mol. The van der Waals surface area contributed by atoms with Gasteiger partial charge >= 0.3 is 0 Å². The van der Waals surface area contributed by atoms with Crippen molar-refractivity contribution in [3.8, 4) is 0 Å². The number of nitrogens with one attached hydrogen (secondary N) is 1. The molecule has 2 heterocycles. The fraction of sp³-hybridized carbons (Fsp3) is 0.111. The lowest BCUT2D eigenvalue weighted by Gasteiger charge is -2.19. The smallest absolute Gasteiger partial charge is 0.256 e. The van der Waals surface area contributed by atoms with Crippen LogP contribution in [0.2, 0.25) is 5.02 Å². The van der Waals surface area contributed by atoms with Crippen LogP contribution in [0.15, 0.2) is 55.2 Å². The number of aromatic nitrogens is 3. The van der Waals surface area contributed by atoms with E-state index in [1.165, 1.54) is 6.33 Å². The summed E-state index contributed by atoms with van der Waals surface area (Å²) in [5, 5.41) is 3.24. The Kier molecular flexibility index (Phi) is 4.90. The van der Waals surface area contributed by atoms with Gasteiger partial charge in [0.25, 0.3) is 5.91 Å². The second-order valence-electron chi connectivity index (χ2n) is 5.53. The minimum Gasteiger partial charge on any atom is -0.342 e. The molecule has 0 unspecified atom stereocenters. The molecule has 2 aromatic heterocycles. The number of hydrogen-bond acceptors (Lipinski definition) is 5. The van der Waals surface area contributed by atoms with Crippen molar-refractivity contribution in [3.05, 3.63) is 71.4 Å². The van der Waals surface area contributed by atoms with E-state index in [0.29, 0.717) is 16.4 Å². The van der Waals surface area contributed by atoms with Crippen molar-refractivity contribution in [2.45, 2.75) is 6.92 Å². The normalized spacial score (nSPS) is 10.4. The van der Waals surface area contributed by atoms with Crippen LogP contribution in [-0.2, 0) is 0 Å². The highest BCUT2D eigenvalue weighted by Gasteiger charge is 2.12. The summed E-state index contributed by atoms with van der Waals surface area (Å²) in [6, 6.07) is 8.81. The van der Waals surface area contributed by atoms with Gasteiger partial charge in [-0.2, -0.15) is 0 Å². The number of halogens is 1. The van der Waals surface area contributed by atoms with Crippen molar-refractivity contribution in [3.63, 3.8) is 0 Å². The molecule has 3 aromatic rings. The second kappa shape index (κ2) is 7.27. The quantitative estimate of drug-likeness (QED) is 0.771. The second-order valence-corrected chi connectivity index (χ2v) is 5.96. The molecule has 0 saturated carbocycles. The van der Waals surface area contributed by atoms with Gasteiger partial charge in [-0.25, -0.2) is 15.0 Å². The summed E-state index contributed by atoms with van der Waals surface area (Å²) in [6.07, 6.45) is 6.48. The highest BCUT2D eigenvalue weighted by Crippen LogP contribution is 2.27. The molecule has 0 radical (unpaired) electrons. The first-order valence-corrected chi connectivity index (χ1v) is 7.94. The first-order valence-electron chi connectivity index (χ1n) is 7.56. The molecule has 0 saturated heterocycles. The number of aryl methyl sites for hydroxylation is 1. The minimum absolute atomic E-state index is 0.278. The van der Waals surface area contributed by atoms with Crippen LogP contribution in [0.5, 0.6) is 0 Å². The predicted octanol–water partition coefficient (Wildman–Crippen LogP) is 3.85. The fourth-order valence-corrected chi connectivity index (χ4v) is 2.53. The topological polar surface area (TPSA) is 71.0 Å². The molecule has 0 aliphatic heterocycles. The highest BCUT2D eigenvalue weighted by molar-refractivity contribution is 6.31. The Bertz CT molecular complexity index is 901. The molecular formula is C18H16ClN5O. The van der Waals surface area contributed by atoms with Crippen LogP contribution in [0, 0.1) is 6.92 Å². The first-order chi connectivity index (χ1) is 12.0. The summed E-state index contributed by atoms with van der Waals surface area (Å²) in [5.41, 5.74) is 3.00. The van der Waals surface area contributed by atoms with Crippen molar-refractivity contribution >= 4 is 34.7 Å². The van der Waals surface area contributed by atoms with Crippen molar-refractivity contribution in [2.24, 2.45) is 0 Å². The van der Waals surface area contributed by atoms with Gasteiger partial charge in [-0.15, -0.1) is 0 Å². The van der Waals surface area contributed by atoms with Gasteiger partial charge in [0.05, 0.1) is 18.1 Å². The average molecular weight is 354 g/mol. The third kappa shape index (κ3) is 4.10. The number of amides is 1. The highest BCUT2D eigenvalue weighted by atomic mass is 35.5. The van der Waals surface area contributed by atoms with Gasteiger partial charge in [-0.05, 0) is 42.8 Å². The van der Waals surface area contributed by atoms with Crippen LogP contribution in [0.25, 0.3) is 0 Å². The number of pyridine rings is 1. The molecule has 126 valence electrons. The lowest BCUT2D eigenvalue weighted by Crippen LogP contribution is -2.15. The summed E-state index contributed by atoms with van der Waals surface area (Å²) >= 11 is 6.20. The third-order valence-electron chi connectivity index (χ3n) is 3.62. The number of nitrogens with zero attached hydrogens (tertiary/aromatic N) is 4. The molecule has 0 aliphatic carbocycles. The Morgan fingerprint density at radius 1 is 1.12 bits per heavy atom. The molecule has 0 atom stereocenters. The average Bonchev–Trinajstić information content (AvgIpc) is 2.61. The monoisotopic (exact) mass is 353 g/mol. The largest absolute Gasteiger partial charge is 0.342 e. The van der Waals surface area contributed by atoms with Gasteiger partial charge in [-0.1, -0.05) is 11.6 Å². The van der Waals surface area contributed by atoms with E-state index in [2.05, 4.69) is 20.3 Å². The standard InChI is InChI=1S/C18H16ClN5O/c1-12-3-4-22-17(5-12)23-18(25)13-6-14(19)8-15(7-13)24(2)16-9-20-11-21-10-16/h3-11H,1-2H3,(H,22,23,25). The zero-order valence-electron chi connectivity index (χ0n) is 13.8. The van der Waals surface area contributed by atoms with E-state index in [1.54, 1.807) is 42.9 Å². The molecule has 0 fully saturated rings. The fourth-order valence-electron chi connectivity index (χ4n) is 2.31. The number of carbonyl (C=O) groups excluding carboxylic acids is 1. The zero-order valence-corrected chi connectivity index (χ0v) is 14.5. The van der Waals surface area contributed by atoms with Gasteiger partial charge in [0.1, 0.15) is 12.1 Å². The van der Waals surface area contributed by atoms with Crippen molar-refractivity contribution in [2.75, 3.05) is 17.3 Å². The van der Waals surface area contributed by atoms with Gasteiger partial charge < -0.3 is 10.2 Å². The van der Waals surface area contributed by atoms with Crippen molar-refractivity contribution in [1.82, 2.24) is 15.0 Å². The van der Waals surface area contributed by atoms with Gasteiger partial charge in [0.15, 0.2) is 0 Å². The number of rotatable bonds is 4. The molecule has 0 aliphatic rings. The van der Waals surface area contributed by atoms with Crippen LogP contribution in [0.1, 0.15) is 15.9 Å². The number of anilines is 3. The summed E-state index contributed by atoms with van der Waals surface area (Å²) < 4.78 is 0. The molecule has 1 aromatic carbocycles.